The minimum atomic E-state index is -3.45. The van der Waals surface area contributed by atoms with Crippen LogP contribution in [0.5, 0.6) is 0 Å². The Morgan fingerprint density at radius 1 is 1.04 bits per heavy atom. The van der Waals surface area contributed by atoms with Crippen LogP contribution in [0.1, 0.15) is 51.4 Å². The van der Waals surface area contributed by atoms with E-state index in [2.05, 4.69) is 5.32 Å². The van der Waals surface area contributed by atoms with Crippen molar-refractivity contribution >= 4 is 27.3 Å². The van der Waals surface area contributed by atoms with E-state index in [-0.39, 0.29) is 23.0 Å². The van der Waals surface area contributed by atoms with Gasteiger partial charge in [0.2, 0.25) is 5.91 Å². The largest absolute Gasteiger partial charge is 0.356 e. The molecule has 0 unspecified atom stereocenters. The van der Waals surface area contributed by atoms with Crippen LogP contribution in [0.3, 0.4) is 0 Å². The standard InChI is InChI=1S/C21H28ClNO3S/c22-18-1-3-19(4-2-18)27(25,26)8-5-20(24)23-7-6-21-12-15-9-16(13-21)11-17(10-15)14-21/h1-4,15-17H,5-14H2,(H,23,24). The molecule has 4 saturated carbocycles. The molecule has 1 aromatic rings. The molecule has 4 nitrogen and oxygen atoms in total. The van der Waals surface area contributed by atoms with Crippen LogP contribution in [0.4, 0.5) is 0 Å². The summed E-state index contributed by atoms with van der Waals surface area (Å²) in [5.41, 5.74) is 0.442. The van der Waals surface area contributed by atoms with Crippen LogP contribution in [-0.4, -0.2) is 26.6 Å². The second kappa shape index (κ2) is 7.40. The minimum Gasteiger partial charge on any atom is -0.356 e. The number of carbonyl (C=O) groups excluding carboxylic acids is 1. The summed E-state index contributed by atoms with van der Waals surface area (Å²) in [6.07, 6.45) is 9.33. The summed E-state index contributed by atoms with van der Waals surface area (Å²) in [5, 5.41) is 3.46. The van der Waals surface area contributed by atoms with Crippen LogP contribution >= 0.6 is 11.6 Å². The zero-order chi connectivity index (χ0) is 19.1. The zero-order valence-corrected chi connectivity index (χ0v) is 17.2. The quantitative estimate of drug-likeness (QED) is 0.733. The van der Waals surface area contributed by atoms with Crippen molar-refractivity contribution in [2.45, 2.75) is 56.3 Å². The Morgan fingerprint density at radius 3 is 2.15 bits per heavy atom. The van der Waals surface area contributed by atoms with Gasteiger partial charge in [0.25, 0.3) is 0 Å². The fourth-order valence-electron chi connectivity index (χ4n) is 6.14. The fraction of sp³-hybridized carbons (Fsp3) is 0.667. The van der Waals surface area contributed by atoms with Gasteiger partial charge >= 0.3 is 0 Å². The number of sulfone groups is 1. The normalized spacial score (nSPS) is 31.8. The van der Waals surface area contributed by atoms with Crippen molar-refractivity contribution in [1.29, 1.82) is 0 Å². The van der Waals surface area contributed by atoms with Crippen molar-refractivity contribution in [3.8, 4) is 0 Å². The number of nitrogens with one attached hydrogen (secondary N) is 1. The number of hydrogen-bond donors (Lipinski definition) is 1. The average molecular weight is 410 g/mol. The van der Waals surface area contributed by atoms with E-state index in [1.165, 1.54) is 50.7 Å². The van der Waals surface area contributed by atoms with Crippen molar-refractivity contribution < 1.29 is 13.2 Å². The van der Waals surface area contributed by atoms with Crippen molar-refractivity contribution in [1.82, 2.24) is 5.32 Å². The highest BCUT2D eigenvalue weighted by molar-refractivity contribution is 7.91. The first-order valence-electron chi connectivity index (χ1n) is 10.1. The van der Waals surface area contributed by atoms with E-state index < -0.39 is 9.84 Å². The van der Waals surface area contributed by atoms with E-state index in [0.29, 0.717) is 17.0 Å². The molecule has 0 saturated heterocycles. The summed E-state index contributed by atoms with van der Waals surface area (Å²) < 4.78 is 24.7. The van der Waals surface area contributed by atoms with E-state index >= 15 is 0 Å². The van der Waals surface area contributed by atoms with Gasteiger partial charge in [-0.15, -0.1) is 0 Å². The lowest BCUT2D eigenvalue weighted by Crippen LogP contribution is -2.47. The Morgan fingerprint density at radius 2 is 1.59 bits per heavy atom. The second-order valence-corrected chi connectivity index (χ2v) is 11.6. The van der Waals surface area contributed by atoms with E-state index in [0.717, 1.165) is 24.2 Å². The van der Waals surface area contributed by atoms with Gasteiger partial charge in [0, 0.05) is 18.0 Å². The molecule has 6 heteroatoms. The van der Waals surface area contributed by atoms with Gasteiger partial charge in [-0.2, -0.15) is 0 Å². The minimum absolute atomic E-state index is 0.00579. The molecule has 4 bridgehead atoms. The van der Waals surface area contributed by atoms with E-state index in [4.69, 9.17) is 11.6 Å². The van der Waals surface area contributed by atoms with Gasteiger partial charge in [0.1, 0.15) is 0 Å². The highest BCUT2D eigenvalue weighted by atomic mass is 35.5. The van der Waals surface area contributed by atoms with Gasteiger partial charge in [-0.05, 0) is 92.4 Å². The van der Waals surface area contributed by atoms with Gasteiger partial charge in [-0.1, -0.05) is 11.6 Å². The Kier molecular flexibility index (Phi) is 5.28. The summed E-state index contributed by atoms with van der Waals surface area (Å²) in [6.45, 7) is 0.673. The maximum atomic E-state index is 12.3. The molecule has 0 aliphatic heterocycles. The van der Waals surface area contributed by atoms with E-state index in [9.17, 15) is 13.2 Å². The molecule has 1 aromatic carbocycles. The molecular weight excluding hydrogens is 382 g/mol. The van der Waals surface area contributed by atoms with Gasteiger partial charge in [-0.25, -0.2) is 8.42 Å². The summed E-state index contributed by atoms with van der Waals surface area (Å²) in [4.78, 5) is 12.4. The smallest absolute Gasteiger partial charge is 0.221 e. The van der Waals surface area contributed by atoms with Crippen LogP contribution in [-0.2, 0) is 14.6 Å². The molecule has 5 rings (SSSR count). The first-order valence-corrected chi connectivity index (χ1v) is 12.1. The zero-order valence-electron chi connectivity index (χ0n) is 15.6. The maximum absolute atomic E-state index is 12.3. The number of rotatable bonds is 7. The molecule has 0 atom stereocenters. The maximum Gasteiger partial charge on any atom is 0.221 e. The lowest BCUT2D eigenvalue weighted by atomic mass is 9.49. The second-order valence-electron chi connectivity index (χ2n) is 9.04. The summed E-state index contributed by atoms with van der Waals surface area (Å²) in [7, 11) is -3.45. The molecule has 0 spiro atoms. The first kappa shape index (κ1) is 19.3. The predicted molar refractivity (Wildman–Crippen MR) is 106 cm³/mol. The molecule has 4 fully saturated rings. The van der Waals surface area contributed by atoms with E-state index in [1.807, 2.05) is 0 Å². The number of carbonyl (C=O) groups is 1. The Labute approximate surface area is 167 Å². The summed E-state index contributed by atoms with van der Waals surface area (Å²) in [5.74, 6) is 2.40. The Hall–Kier alpha value is -1.07. The summed E-state index contributed by atoms with van der Waals surface area (Å²) >= 11 is 5.80. The predicted octanol–water partition coefficient (Wildman–Crippen LogP) is 4.23. The van der Waals surface area contributed by atoms with Crippen molar-refractivity contribution in [3.05, 3.63) is 29.3 Å². The van der Waals surface area contributed by atoms with Crippen LogP contribution < -0.4 is 5.32 Å². The van der Waals surface area contributed by atoms with Crippen LogP contribution in [0, 0.1) is 23.2 Å². The number of amides is 1. The number of halogens is 1. The molecule has 4 aliphatic rings. The number of hydrogen-bond acceptors (Lipinski definition) is 3. The van der Waals surface area contributed by atoms with Crippen molar-refractivity contribution in [2.75, 3.05) is 12.3 Å². The van der Waals surface area contributed by atoms with Crippen molar-refractivity contribution in [2.24, 2.45) is 23.2 Å². The van der Waals surface area contributed by atoms with E-state index in [1.54, 1.807) is 12.1 Å². The molecule has 0 aromatic heterocycles. The molecule has 27 heavy (non-hydrogen) atoms. The van der Waals surface area contributed by atoms with Gasteiger partial charge < -0.3 is 5.32 Å². The number of benzene rings is 1. The lowest BCUT2D eigenvalue weighted by Gasteiger charge is -2.57. The van der Waals surface area contributed by atoms with Gasteiger partial charge in [0.15, 0.2) is 9.84 Å². The third-order valence-corrected chi connectivity index (χ3v) is 8.90. The third-order valence-electron chi connectivity index (χ3n) is 6.91. The third kappa shape index (κ3) is 4.34. The van der Waals surface area contributed by atoms with Crippen LogP contribution in [0.15, 0.2) is 29.2 Å². The first-order chi connectivity index (χ1) is 12.8. The highest BCUT2D eigenvalue weighted by Crippen LogP contribution is 2.61. The Balaban J connectivity index is 1.24. The fourth-order valence-corrected chi connectivity index (χ4v) is 7.51. The lowest BCUT2D eigenvalue weighted by molar-refractivity contribution is -0.121. The molecule has 4 aliphatic carbocycles. The van der Waals surface area contributed by atoms with Crippen LogP contribution in [0.2, 0.25) is 5.02 Å². The molecule has 1 N–H and O–H groups in total. The molecule has 148 valence electrons. The molecular formula is C21H28ClNO3S. The monoisotopic (exact) mass is 409 g/mol. The SMILES string of the molecule is O=C(CCS(=O)(=O)c1ccc(Cl)cc1)NCCC12CC3CC(CC(C3)C1)C2. The molecule has 1 amide bonds. The summed E-state index contributed by atoms with van der Waals surface area (Å²) in [6, 6.07) is 6.09. The topological polar surface area (TPSA) is 63.2 Å². The average Bonchev–Trinajstić information content (AvgIpc) is 2.59. The Bertz CT molecular complexity index is 768. The highest BCUT2D eigenvalue weighted by Gasteiger charge is 2.50. The van der Waals surface area contributed by atoms with Crippen molar-refractivity contribution in [3.63, 3.8) is 0 Å². The van der Waals surface area contributed by atoms with Crippen LogP contribution in [0.25, 0.3) is 0 Å². The van der Waals surface area contributed by atoms with Gasteiger partial charge in [-0.3, -0.25) is 4.79 Å². The van der Waals surface area contributed by atoms with Gasteiger partial charge in [0.05, 0.1) is 10.6 Å². The molecule has 0 heterocycles. The molecule has 0 radical (unpaired) electrons.